The highest BCUT2D eigenvalue weighted by Crippen LogP contribution is 2.52. The van der Waals surface area contributed by atoms with E-state index in [0.29, 0.717) is 24.4 Å². The van der Waals surface area contributed by atoms with Crippen molar-refractivity contribution < 1.29 is 18.3 Å². The second kappa shape index (κ2) is 7.12. The summed E-state index contributed by atoms with van der Waals surface area (Å²) in [7, 11) is 1.78. The summed E-state index contributed by atoms with van der Waals surface area (Å²) in [6.07, 6.45) is 2.76. The van der Waals surface area contributed by atoms with Gasteiger partial charge in [0.15, 0.2) is 11.6 Å². The Kier molecular flexibility index (Phi) is 4.65. The first-order valence-electron chi connectivity index (χ1n) is 10.3. The maximum absolute atomic E-state index is 15.3. The van der Waals surface area contributed by atoms with Crippen molar-refractivity contribution in [3.05, 3.63) is 64.2 Å². The monoisotopic (exact) mass is 432 g/mol. The van der Waals surface area contributed by atoms with Crippen molar-refractivity contribution in [3.63, 3.8) is 0 Å². The molecule has 0 radical (unpaired) electrons. The number of ether oxygens (including phenoxy) is 1. The molecule has 0 N–H and O–H groups in total. The summed E-state index contributed by atoms with van der Waals surface area (Å²) in [5.41, 5.74) is 0.461. The highest BCUT2D eigenvalue weighted by atomic mass is 35.5. The maximum atomic E-state index is 15.3. The van der Waals surface area contributed by atoms with Gasteiger partial charge in [-0.3, -0.25) is 0 Å². The number of urea groups is 1. The average Bonchev–Trinajstić information content (AvgIpc) is 2.74. The fraction of sp³-hybridized carbons (Fsp3) is 0.435. The van der Waals surface area contributed by atoms with Gasteiger partial charge in [0.25, 0.3) is 0 Å². The molecule has 2 saturated heterocycles. The van der Waals surface area contributed by atoms with Crippen molar-refractivity contribution in [1.82, 2.24) is 9.80 Å². The van der Waals surface area contributed by atoms with Crippen LogP contribution in [0.5, 0.6) is 5.75 Å². The van der Waals surface area contributed by atoms with Crippen molar-refractivity contribution in [2.75, 3.05) is 20.2 Å². The molecule has 0 aliphatic carbocycles. The summed E-state index contributed by atoms with van der Waals surface area (Å²) in [6, 6.07) is 9.36. The molecule has 30 heavy (non-hydrogen) atoms. The summed E-state index contributed by atoms with van der Waals surface area (Å²) >= 11 is 6.06. The minimum absolute atomic E-state index is 0.0172. The van der Waals surface area contributed by atoms with Crippen LogP contribution in [0, 0.1) is 11.6 Å². The fourth-order valence-corrected chi connectivity index (χ4v) is 5.68. The number of benzene rings is 2. The second-order valence-corrected chi connectivity index (χ2v) is 9.05. The normalized spacial score (nSPS) is 27.8. The molecule has 0 spiro atoms. The zero-order valence-electron chi connectivity index (χ0n) is 16.7. The largest absolute Gasteiger partial charge is 0.488 e. The van der Waals surface area contributed by atoms with Crippen LogP contribution in [-0.4, -0.2) is 48.1 Å². The van der Waals surface area contributed by atoms with Gasteiger partial charge in [-0.15, -0.1) is 0 Å². The number of halogens is 3. The van der Waals surface area contributed by atoms with Crippen LogP contribution < -0.4 is 4.74 Å². The number of hydrogen-bond donors (Lipinski definition) is 0. The second-order valence-electron chi connectivity index (χ2n) is 8.61. The third-order valence-corrected chi connectivity index (χ3v) is 7.26. The van der Waals surface area contributed by atoms with Crippen LogP contribution >= 0.6 is 11.6 Å². The molecule has 2 aromatic carbocycles. The quantitative estimate of drug-likeness (QED) is 0.684. The van der Waals surface area contributed by atoms with Crippen LogP contribution in [0.1, 0.15) is 30.4 Å². The summed E-state index contributed by atoms with van der Waals surface area (Å²) in [5, 5.41) is 0.619. The van der Waals surface area contributed by atoms with E-state index in [-0.39, 0.29) is 36.0 Å². The molecule has 0 aromatic heterocycles. The molecule has 2 amide bonds. The molecule has 158 valence electrons. The Morgan fingerprint density at radius 2 is 1.87 bits per heavy atom. The van der Waals surface area contributed by atoms with Crippen LogP contribution in [-0.2, 0) is 11.8 Å². The summed E-state index contributed by atoms with van der Waals surface area (Å²) < 4.78 is 35.7. The molecular weight excluding hydrogens is 410 g/mol. The minimum Gasteiger partial charge on any atom is -0.488 e. The van der Waals surface area contributed by atoms with Crippen LogP contribution in [0.3, 0.4) is 0 Å². The molecule has 0 unspecified atom stereocenters. The van der Waals surface area contributed by atoms with Gasteiger partial charge in [0.05, 0.1) is 6.04 Å². The van der Waals surface area contributed by atoms with E-state index < -0.39 is 17.0 Å². The highest BCUT2D eigenvalue weighted by molar-refractivity contribution is 6.30. The van der Waals surface area contributed by atoms with Gasteiger partial charge in [-0.2, -0.15) is 0 Å². The first-order chi connectivity index (χ1) is 14.4. The number of piperidine rings is 1. The Morgan fingerprint density at radius 3 is 2.63 bits per heavy atom. The highest BCUT2D eigenvalue weighted by Gasteiger charge is 2.56. The minimum atomic E-state index is -0.766. The van der Waals surface area contributed by atoms with E-state index in [1.54, 1.807) is 24.1 Å². The molecule has 3 heterocycles. The Balaban J connectivity index is 1.68. The topological polar surface area (TPSA) is 32.8 Å². The Bertz CT molecular complexity index is 999. The lowest BCUT2D eigenvalue weighted by molar-refractivity contribution is -0.0237. The van der Waals surface area contributed by atoms with E-state index in [1.807, 2.05) is 17.0 Å². The smallest absolute Gasteiger partial charge is 0.320 e. The Morgan fingerprint density at radius 1 is 1.13 bits per heavy atom. The summed E-state index contributed by atoms with van der Waals surface area (Å²) in [6.45, 7) is 0.856. The van der Waals surface area contributed by atoms with Crippen LogP contribution in [0.25, 0.3) is 0 Å². The number of fused-ring (bicyclic) bond motifs is 5. The predicted molar refractivity (Wildman–Crippen MR) is 110 cm³/mol. The molecule has 3 aliphatic rings. The first-order valence-corrected chi connectivity index (χ1v) is 10.7. The van der Waals surface area contributed by atoms with Gasteiger partial charge in [-0.25, -0.2) is 13.6 Å². The third kappa shape index (κ3) is 2.88. The van der Waals surface area contributed by atoms with Crippen molar-refractivity contribution in [2.45, 2.75) is 43.2 Å². The maximum Gasteiger partial charge on any atom is 0.320 e. The first kappa shape index (κ1) is 19.6. The zero-order valence-corrected chi connectivity index (χ0v) is 17.5. The number of nitrogens with zero attached hydrogens (tertiary/aromatic N) is 2. The molecule has 3 aliphatic heterocycles. The number of hydrogen-bond acceptors (Lipinski definition) is 2. The molecule has 7 heteroatoms. The van der Waals surface area contributed by atoms with Crippen LogP contribution in [0.15, 0.2) is 36.4 Å². The fourth-order valence-electron chi connectivity index (χ4n) is 5.55. The number of amides is 2. The third-order valence-electron chi connectivity index (χ3n) is 7.01. The molecule has 2 aromatic rings. The molecule has 0 saturated carbocycles. The predicted octanol–water partition coefficient (Wildman–Crippen LogP) is 4.78. The Labute approximate surface area is 179 Å². The molecular formula is C23H23ClF2N2O2. The van der Waals surface area contributed by atoms with E-state index in [0.717, 1.165) is 24.5 Å². The van der Waals surface area contributed by atoms with Gasteiger partial charge < -0.3 is 14.5 Å². The van der Waals surface area contributed by atoms with Crippen molar-refractivity contribution >= 4 is 17.6 Å². The lowest BCUT2D eigenvalue weighted by Crippen LogP contribution is -2.68. The number of rotatable bonds is 2. The van der Waals surface area contributed by atoms with E-state index in [9.17, 15) is 9.18 Å². The van der Waals surface area contributed by atoms with Gasteiger partial charge >= 0.3 is 6.03 Å². The van der Waals surface area contributed by atoms with Gasteiger partial charge in [-0.05, 0) is 55.5 Å². The lowest BCUT2D eigenvalue weighted by Gasteiger charge is -2.57. The number of carbonyl (C=O) groups excluding carboxylic acids is 1. The lowest BCUT2D eigenvalue weighted by atomic mass is 9.62. The van der Waals surface area contributed by atoms with E-state index in [1.165, 1.54) is 6.07 Å². The van der Waals surface area contributed by atoms with E-state index in [2.05, 4.69) is 0 Å². The summed E-state index contributed by atoms with van der Waals surface area (Å²) in [4.78, 5) is 16.7. The van der Waals surface area contributed by atoms with Crippen molar-refractivity contribution in [2.24, 2.45) is 0 Å². The van der Waals surface area contributed by atoms with Gasteiger partial charge in [0.2, 0.25) is 0 Å². The summed E-state index contributed by atoms with van der Waals surface area (Å²) in [5.74, 6) is -1.07. The van der Waals surface area contributed by atoms with Gasteiger partial charge in [-0.1, -0.05) is 23.7 Å². The van der Waals surface area contributed by atoms with Crippen LogP contribution in [0.2, 0.25) is 5.02 Å². The zero-order chi connectivity index (χ0) is 21.0. The molecule has 2 fully saturated rings. The molecule has 4 nitrogen and oxygen atoms in total. The molecule has 3 atom stereocenters. The SMILES string of the molecule is CN1CC[C@@H]2CC[C@@]3(Cc4ccc(Cl)cc4)c4c(F)ccc(F)c4OC[C@H]3N2C1=O. The average molecular weight is 433 g/mol. The van der Waals surface area contributed by atoms with Gasteiger partial charge in [0, 0.05) is 35.6 Å². The van der Waals surface area contributed by atoms with Gasteiger partial charge in [0.1, 0.15) is 12.4 Å². The van der Waals surface area contributed by atoms with Crippen LogP contribution in [0.4, 0.5) is 13.6 Å². The van der Waals surface area contributed by atoms with E-state index >= 15 is 4.39 Å². The van der Waals surface area contributed by atoms with Crippen molar-refractivity contribution in [3.8, 4) is 5.75 Å². The molecule has 0 bridgehead atoms. The van der Waals surface area contributed by atoms with Crippen molar-refractivity contribution in [1.29, 1.82) is 0 Å². The van der Waals surface area contributed by atoms with E-state index in [4.69, 9.17) is 16.3 Å². The molecule has 5 rings (SSSR count). The standard InChI is InChI=1S/C23H23ClF2N2O2/c1-27-11-9-16-8-10-23(12-14-2-4-15(24)5-3-14)19(28(16)22(27)29)13-30-21-18(26)7-6-17(25)20(21)23/h2-7,16,19H,8-13H2,1H3/t16-,19+,23-/m0/s1. The number of carbonyl (C=O) groups is 1. The Hall–Kier alpha value is -2.34.